The summed E-state index contributed by atoms with van der Waals surface area (Å²) in [6.07, 6.45) is 8.03. The largest absolute Gasteiger partial charge is 0.493 e. The molecule has 1 aromatic rings. The van der Waals surface area contributed by atoms with Gasteiger partial charge < -0.3 is 10.1 Å². The zero-order valence-electron chi connectivity index (χ0n) is 13.3. The van der Waals surface area contributed by atoms with Gasteiger partial charge in [-0.1, -0.05) is 42.1 Å². The van der Waals surface area contributed by atoms with Crippen LogP contribution in [0.15, 0.2) is 22.7 Å². The number of rotatable bonds is 7. The van der Waals surface area contributed by atoms with Crippen LogP contribution in [-0.2, 0) is 6.54 Å². The van der Waals surface area contributed by atoms with Gasteiger partial charge in [0.05, 0.1) is 6.61 Å². The van der Waals surface area contributed by atoms with Crippen molar-refractivity contribution < 1.29 is 4.74 Å². The third-order valence-corrected chi connectivity index (χ3v) is 4.95. The van der Waals surface area contributed by atoms with Gasteiger partial charge >= 0.3 is 0 Å². The highest BCUT2D eigenvalue weighted by molar-refractivity contribution is 9.10. The Balaban J connectivity index is 1.92. The first-order valence-corrected chi connectivity index (χ1v) is 9.14. The SMILES string of the molecule is CCCOc1ccc(Br)cc1CN[C@@H](C)C1CCCCC1. The fraction of sp³-hybridized carbons (Fsp3) is 0.667. The van der Waals surface area contributed by atoms with Crippen LogP contribution >= 0.6 is 15.9 Å². The monoisotopic (exact) mass is 353 g/mol. The molecule has 0 amide bonds. The Hall–Kier alpha value is -0.540. The molecule has 1 aromatic carbocycles. The predicted molar refractivity (Wildman–Crippen MR) is 92.8 cm³/mol. The summed E-state index contributed by atoms with van der Waals surface area (Å²) in [5, 5.41) is 3.71. The molecule has 0 aromatic heterocycles. The Morgan fingerprint density at radius 3 is 2.76 bits per heavy atom. The summed E-state index contributed by atoms with van der Waals surface area (Å²) in [7, 11) is 0. The van der Waals surface area contributed by atoms with E-state index in [4.69, 9.17) is 4.74 Å². The fourth-order valence-electron chi connectivity index (χ4n) is 3.11. The summed E-state index contributed by atoms with van der Waals surface area (Å²) < 4.78 is 6.98. The maximum atomic E-state index is 5.86. The molecule has 1 atom stereocenters. The molecule has 0 bridgehead atoms. The second kappa shape index (κ2) is 8.79. The first-order chi connectivity index (χ1) is 10.2. The summed E-state index contributed by atoms with van der Waals surface area (Å²) in [6.45, 7) is 6.14. The van der Waals surface area contributed by atoms with Gasteiger partial charge in [0.25, 0.3) is 0 Å². The van der Waals surface area contributed by atoms with E-state index in [9.17, 15) is 0 Å². The molecular weight excluding hydrogens is 326 g/mol. The highest BCUT2D eigenvalue weighted by Gasteiger charge is 2.19. The lowest BCUT2D eigenvalue weighted by Gasteiger charge is -2.28. The number of halogens is 1. The quantitative estimate of drug-likeness (QED) is 0.718. The smallest absolute Gasteiger partial charge is 0.123 e. The minimum atomic E-state index is 0.586. The van der Waals surface area contributed by atoms with Gasteiger partial charge in [0.15, 0.2) is 0 Å². The Morgan fingerprint density at radius 1 is 1.29 bits per heavy atom. The highest BCUT2D eigenvalue weighted by Crippen LogP contribution is 2.27. The summed E-state index contributed by atoms with van der Waals surface area (Å²) in [5.41, 5.74) is 1.25. The van der Waals surface area contributed by atoms with Crippen molar-refractivity contribution in [2.75, 3.05) is 6.61 Å². The third-order valence-electron chi connectivity index (χ3n) is 4.46. The van der Waals surface area contributed by atoms with Crippen molar-refractivity contribution in [1.29, 1.82) is 0 Å². The van der Waals surface area contributed by atoms with Gasteiger partial charge in [-0.2, -0.15) is 0 Å². The van der Waals surface area contributed by atoms with E-state index < -0.39 is 0 Å². The molecule has 0 radical (unpaired) electrons. The van der Waals surface area contributed by atoms with E-state index in [2.05, 4.69) is 53.3 Å². The minimum Gasteiger partial charge on any atom is -0.493 e. The molecule has 0 unspecified atom stereocenters. The summed E-state index contributed by atoms with van der Waals surface area (Å²) >= 11 is 3.56. The maximum absolute atomic E-state index is 5.86. The third kappa shape index (κ3) is 5.30. The Kier molecular flexibility index (Phi) is 7.05. The molecule has 2 rings (SSSR count). The minimum absolute atomic E-state index is 0.586. The van der Waals surface area contributed by atoms with Gasteiger partial charge in [-0.15, -0.1) is 0 Å². The predicted octanol–water partition coefficient (Wildman–Crippen LogP) is 5.30. The van der Waals surface area contributed by atoms with Crippen LogP contribution in [0.3, 0.4) is 0 Å². The maximum Gasteiger partial charge on any atom is 0.123 e. The molecule has 21 heavy (non-hydrogen) atoms. The van der Waals surface area contributed by atoms with Gasteiger partial charge in [0, 0.05) is 22.6 Å². The standard InChI is InChI=1S/C18H28BrNO/c1-3-11-21-18-10-9-17(19)12-16(18)13-20-14(2)15-7-5-4-6-8-15/h9-10,12,14-15,20H,3-8,11,13H2,1-2H3/t14-/m0/s1. The molecular formula is C18H28BrNO. The number of ether oxygens (including phenoxy) is 1. The summed E-state index contributed by atoms with van der Waals surface area (Å²) in [6, 6.07) is 6.88. The van der Waals surface area contributed by atoms with E-state index >= 15 is 0 Å². The van der Waals surface area contributed by atoms with E-state index in [1.165, 1.54) is 37.7 Å². The van der Waals surface area contributed by atoms with E-state index in [0.717, 1.165) is 35.7 Å². The summed E-state index contributed by atoms with van der Waals surface area (Å²) in [5.74, 6) is 1.86. The number of hydrogen-bond donors (Lipinski definition) is 1. The lowest BCUT2D eigenvalue weighted by Crippen LogP contribution is -2.34. The van der Waals surface area contributed by atoms with Gasteiger partial charge in [-0.25, -0.2) is 0 Å². The molecule has 1 aliphatic carbocycles. The van der Waals surface area contributed by atoms with E-state index in [0.29, 0.717) is 6.04 Å². The van der Waals surface area contributed by atoms with Crippen LogP contribution in [-0.4, -0.2) is 12.6 Å². The zero-order chi connectivity index (χ0) is 15.1. The average molecular weight is 354 g/mol. The molecule has 118 valence electrons. The first-order valence-electron chi connectivity index (χ1n) is 8.35. The van der Waals surface area contributed by atoms with Crippen LogP contribution in [0.25, 0.3) is 0 Å². The fourth-order valence-corrected chi connectivity index (χ4v) is 3.52. The van der Waals surface area contributed by atoms with Crippen LogP contribution in [0.1, 0.15) is 57.9 Å². The molecule has 0 heterocycles. The normalized spacial score (nSPS) is 17.7. The van der Waals surface area contributed by atoms with Crippen LogP contribution in [0, 0.1) is 5.92 Å². The second-order valence-electron chi connectivity index (χ2n) is 6.17. The van der Waals surface area contributed by atoms with Gasteiger partial charge in [-0.05, 0) is 50.3 Å². The summed E-state index contributed by atoms with van der Waals surface area (Å²) in [4.78, 5) is 0. The van der Waals surface area contributed by atoms with Crippen LogP contribution < -0.4 is 10.1 Å². The Labute approximate surface area is 137 Å². The molecule has 3 heteroatoms. The highest BCUT2D eigenvalue weighted by atomic mass is 79.9. The molecule has 1 N–H and O–H groups in total. The molecule has 1 saturated carbocycles. The van der Waals surface area contributed by atoms with Crippen molar-refractivity contribution in [3.05, 3.63) is 28.2 Å². The molecule has 2 nitrogen and oxygen atoms in total. The molecule has 1 aliphatic rings. The van der Waals surface area contributed by atoms with Crippen LogP contribution in [0.5, 0.6) is 5.75 Å². The van der Waals surface area contributed by atoms with Gasteiger partial charge in [0.2, 0.25) is 0 Å². The molecule has 0 saturated heterocycles. The van der Waals surface area contributed by atoms with E-state index in [-0.39, 0.29) is 0 Å². The Bertz CT molecular complexity index is 429. The van der Waals surface area contributed by atoms with Crippen LogP contribution in [0.4, 0.5) is 0 Å². The van der Waals surface area contributed by atoms with Crippen molar-refractivity contribution in [3.8, 4) is 5.75 Å². The van der Waals surface area contributed by atoms with Crippen molar-refractivity contribution >= 4 is 15.9 Å². The van der Waals surface area contributed by atoms with Gasteiger partial charge in [-0.3, -0.25) is 0 Å². The molecule has 1 fully saturated rings. The average Bonchev–Trinajstić information content (AvgIpc) is 2.52. The lowest BCUT2D eigenvalue weighted by atomic mass is 9.84. The zero-order valence-corrected chi connectivity index (χ0v) is 14.9. The van der Waals surface area contributed by atoms with E-state index in [1.54, 1.807) is 0 Å². The van der Waals surface area contributed by atoms with Crippen LogP contribution in [0.2, 0.25) is 0 Å². The van der Waals surface area contributed by atoms with Crippen molar-refractivity contribution in [2.24, 2.45) is 5.92 Å². The Morgan fingerprint density at radius 2 is 2.05 bits per heavy atom. The number of nitrogens with one attached hydrogen (secondary N) is 1. The van der Waals surface area contributed by atoms with Crippen molar-refractivity contribution in [1.82, 2.24) is 5.32 Å². The first kappa shape index (κ1) is 16.8. The lowest BCUT2D eigenvalue weighted by molar-refractivity contribution is 0.277. The molecule has 0 aliphatic heterocycles. The number of hydrogen-bond acceptors (Lipinski definition) is 2. The topological polar surface area (TPSA) is 21.3 Å². The van der Waals surface area contributed by atoms with Crippen molar-refractivity contribution in [2.45, 2.75) is 65.0 Å². The second-order valence-corrected chi connectivity index (χ2v) is 7.08. The van der Waals surface area contributed by atoms with Gasteiger partial charge in [0.1, 0.15) is 5.75 Å². The number of benzene rings is 1. The van der Waals surface area contributed by atoms with Crippen molar-refractivity contribution in [3.63, 3.8) is 0 Å². The molecule has 0 spiro atoms. The van der Waals surface area contributed by atoms with E-state index in [1.807, 2.05) is 0 Å².